The van der Waals surface area contributed by atoms with Gasteiger partial charge in [-0.1, -0.05) is 26.1 Å². The van der Waals surface area contributed by atoms with Crippen LogP contribution in [0, 0.1) is 5.41 Å². The molecule has 0 radical (unpaired) electrons. The number of nitrogens with one attached hydrogen (secondary N) is 1. The van der Waals surface area contributed by atoms with Crippen LogP contribution < -0.4 is 11.1 Å². The number of carbonyl (C=O) groups is 1. The summed E-state index contributed by atoms with van der Waals surface area (Å²) in [6.45, 7) is 3.92. The highest BCUT2D eigenvalue weighted by atomic mass is 32.1. The summed E-state index contributed by atoms with van der Waals surface area (Å²) in [5, 5.41) is 3.03. The van der Waals surface area contributed by atoms with Gasteiger partial charge in [-0.05, 0) is 32.1 Å². The number of rotatable bonds is 5. The lowest BCUT2D eigenvalue weighted by Gasteiger charge is -2.34. The van der Waals surface area contributed by atoms with E-state index >= 15 is 0 Å². The van der Waals surface area contributed by atoms with Gasteiger partial charge in [-0.15, -0.1) is 0 Å². The van der Waals surface area contributed by atoms with Crippen LogP contribution in [0.1, 0.15) is 46.0 Å². The first-order valence-corrected chi connectivity index (χ1v) is 6.08. The van der Waals surface area contributed by atoms with Crippen LogP contribution in [0.5, 0.6) is 0 Å². The molecule has 0 aliphatic heterocycles. The molecule has 3 N–H and O–H groups in total. The number of thiocarbonyl (C=S) groups is 1. The first-order chi connectivity index (χ1) is 7.06. The van der Waals surface area contributed by atoms with Gasteiger partial charge in [0.05, 0.1) is 10.4 Å². The van der Waals surface area contributed by atoms with E-state index in [4.69, 9.17) is 18.0 Å². The summed E-state index contributed by atoms with van der Waals surface area (Å²) in [6.07, 6.45) is 4.75. The van der Waals surface area contributed by atoms with Crippen LogP contribution in [0.3, 0.4) is 0 Å². The van der Waals surface area contributed by atoms with Crippen LogP contribution in [-0.4, -0.2) is 16.9 Å². The SMILES string of the molecule is CCC(CC)(C(=O)NC1CCC1)C(N)=S. The Morgan fingerprint density at radius 3 is 2.27 bits per heavy atom. The number of hydrogen-bond donors (Lipinski definition) is 2. The van der Waals surface area contributed by atoms with Gasteiger partial charge in [0.15, 0.2) is 0 Å². The molecule has 0 aromatic carbocycles. The van der Waals surface area contributed by atoms with E-state index in [9.17, 15) is 4.79 Å². The van der Waals surface area contributed by atoms with Crippen LogP contribution in [-0.2, 0) is 4.79 Å². The van der Waals surface area contributed by atoms with E-state index in [-0.39, 0.29) is 5.91 Å². The second-order valence-corrected chi connectivity index (χ2v) is 4.69. The molecule has 15 heavy (non-hydrogen) atoms. The minimum absolute atomic E-state index is 0.0182. The van der Waals surface area contributed by atoms with Crippen LogP contribution in [0.4, 0.5) is 0 Å². The quantitative estimate of drug-likeness (QED) is 0.705. The lowest BCUT2D eigenvalue weighted by molar-refractivity contribution is -0.129. The summed E-state index contributed by atoms with van der Waals surface area (Å²) in [7, 11) is 0. The highest BCUT2D eigenvalue weighted by Gasteiger charge is 2.39. The van der Waals surface area contributed by atoms with Gasteiger partial charge in [-0.2, -0.15) is 0 Å². The third-order valence-electron chi connectivity index (χ3n) is 3.55. The van der Waals surface area contributed by atoms with Gasteiger partial charge in [-0.25, -0.2) is 0 Å². The standard InChI is InChI=1S/C11H20N2OS/c1-3-11(4-2,9(12)15)10(14)13-8-6-5-7-8/h8H,3-7H2,1-2H3,(H2,12,15)(H,13,14). The number of amides is 1. The van der Waals surface area contributed by atoms with Crippen molar-refractivity contribution in [1.29, 1.82) is 0 Å². The molecule has 1 fully saturated rings. The smallest absolute Gasteiger partial charge is 0.233 e. The highest BCUT2D eigenvalue weighted by molar-refractivity contribution is 7.80. The summed E-state index contributed by atoms with van der Waals surface area (Å²) in [4.78, 5) is 12.4. The molecule has 4 heteroatoms. The molecule has 0 spiro atoms. The maximum absolute atomic E-state index is 12.1. The lowest BCUT2D eigenvalue weighted by Crippen LogP contribution is -2.52. The Morgan fingerprint density at radius 1 is 1.47 bits per heavy atom. The first kappa shape index (κ1) is 12.4. The van der Waals surface area contributed by atoms with Crippen molar-refractivity contribution in [3.8, 4) is 0 Å². The van der Waals surface area contributed by atoms with Gasteiger partial charge in [0.25, 0.3) is 0 Å². The number of nitrogens with two attached hydrogens (primary N) is 1. The van der Waals surface area contributed by atoms with Crippen LogP contribution in [0.25, 0.3) is 0 Å². The molecule has 0 atom stereocenters. The van der Waals surface area contributed by atoms with E-state index in [2.05, 4.69) is 5.32 Å². The van der Waals surface area contributed by atoms with E-state index in [0.717, 1.165) is 12.8 Å². The number of carbonyl (C=O) groups excluding carboxylic acids is 1. The Morgan fingerprint density at radius 2 is 2.00 bits per heavy atom. The van der Waals surface area contributed by atoms with Crippen molar-refractivity contribution in [2.45, 2.75) is 52.0 Å². The predicted octanol–water partition coefficient (Wildman–Crippen LogP) is 1.75. The molecule has 1 aliphatic rings. The molecule has 0 aromatic heterocycles. The molecule has 86 valence electrons. The van der Waals surface area contributed by atoms with Gasteiger partial charge < -0.3 is 11.1 Å². The van der Waals surface area contributed by atoms with Crippen molar-refractivity contribution < 1.29 is 4.79 Å². The molecule has 1 saturated carbocycles. The zero-order valence-electron chi connectivity index (χ0n) is 9.51. The number of hydrogen-bond acceptors (Lipinski definition) is 2. The summed E-state index contributed by atoms with van der Waals surface area (Å²) in [5.41, 5.74) is 5.07. The van der Waals surface area contributed by atoms with Crippen molar-refractivity contribution in [3.05, 3.63) is 0 Å². The summed E-state index contributed by atoms with van der Waals surface area (Å²) >= 11 is 5.03. The van der Waals surface area contributed by atoms with Crippen LogP contribution in [0.15, 0.2) is 0 Å². The van der Waals surface area contributed by atoms with E-state index in [1.807, 2.05) is 13.8 Å². The molecule has 1 rings (SSSR count). The van der Waals surface area contributed by atoms with Crippen LogP contribution >= 0.6 is 12.2 Å². The van der Waals surface area contributed by atoms with E-state index in [1.54, 1.807) is 0 Å². The van der Waals surface area contributed by atoms with Gasteiger partial charge >= 0.3 is 0 Å². The zero-order valence-corrected chi connectivity index (χ0v) is 10.3. The third-order valence-corrected chi connectivity index (χ3v) is 3.94. The van der Waals surface area contributed by atoms with Crippen molar-refractivity contribution in [1.82, 2.24) is 5.32 Å². The Labute approximate surface area is 96.8 Å². The minimum atomic E-state index is -0.634. The van der Waals surface area contributed by atoms with Gasteiger partial charge in [0.2, 0.25) is 5.91 Å². The maximum atomic E-state index is 12.1. The van der Waals surface area contributed by atoms with E-state index < -0.39 is 5.41 Å². The topological polar surface area (TPSA) is 55.1 Å². The molecule has 0 aromatic rings. The molecule has 3 nitrogen and oxygen atoms in total. The Hall–Kier alpha value is -0.640. The molecule has 1 amide bonds. The maximum Gasteiger partial charge on any atom is 0.233 e. The normalized spacial score (nSPS) is 16.9. The summed E-state index contributed by atoms with van der Waals surface area (Å²) in [5.74, 6) is 0.0182. The van der Waals surface area contributed by atoms with Gasteiger partial charge in [0, 0.05) is 6.04 Å². The fraction of sp³-hybridized carbons (Fsp3) is 0.818. The lowest BCUT2D eigenvalue weighted by atomic mass is 9.80. The average Bonchev–Trinajstić information content (AvgIpc) is 2.14. The van der Waals surface area contributed by atoms with E-state index in [0.29, 0.717) is 23.9 Å². The molecule has 1 aliphatic carbocycles. The van der Waals surface area contributed by atoms with Crippen molar-refractivity contribution >= 4 is 23.1 Å². The fourth-order valence-electron chi connectivity index (χ4n) is 1.91. The highest BCUT2D eigenvalue weighted by Crippen LogP contribution is 2.29. The molecule has 0 saturated heterocycles. The first-order valence-electron chi connectivity index (χ1n) is 5.67. The van der Waals surface area contributed by atoms with Crippen molar-refractivity contribution in [2.75, 3.05) is 0 Å². The van der Waals surface area contributed by atoms with E-state index in [1.165, 1.54) is 6.42 Å². The Kier molecular flexibility index (Phi) is 4.08. The van der Waals surface area contributed by atoms with Gasteiger partial charge in [0.1, 0.15) is 0 Å². The largest absolute Gasteiger partial charge is 0.392 e. The molecule has 0 unspecified atom stereocenters. The molecule has 0 bridgehead atoms. The molecular formula is C11H20N2OS. The monoisotopic (exact) mass is 228 g/mol. The second kappa shape index (κ2) is 4.92. The van der Waals surface area contributed by atoms with Crippen molar-refractivity contribution in [3.63, 3.8) is 0 Å². The Bertz CT molecular complexity index is 257. The third kappa shape index (κ3) is 2.30. The average molecular weight is 228 g/mol. The predicted molar refractivity (Wildman–Crippen MR) is 65.6 cm³/mol. The summed E-state index contributed by atoms with van der Waals surface area (Å²) < 4.78 is 0. The minimum Gasteiger partial charge on any atom is -0.392 e. The molecule has 0 heterocycles. The fourth-order valence-corrected chi connectivity index (χ4v) is 2.29. The van der Waals surface area contributed by atoms with Crippen LogP contribution in [0.2, 0.25) is 0 Å². The molecular weight excluding hydrogens is 208 g/mol. The van der Waals surface area contributed by atoms with Gasteiger partial charge in [-0.3, -0.25) is 4.79 Å². The second-order valence-electron chi connectivity index (χ2n) is 4.25. The zero-order chi connectivity index (χ0) is 11.5. The van der Waals surface area contributed by atoms with Crippen molar-refractivity contribution in [2.24, 2.45) is 11.1 Å². The summed E-state index contributed by atoms with van der Waals surface area (Å²) in [6, 6.07) is 0.351. The Balaban J connectivity index is 2.69.